The first-order chi connectivity index (χ1) is 4.83. The summed E-state index contributed by atoms with van der Waals surface area (Å²) < 4.78 is 0. The minimum atomic E-state index is 0.276. The van der Waals surface area contributed by atoms with Gasteiger partial charge < -0.3 is 10.4 Å². The Balaban J connectivity index is 2.27. The summed E-state index contributed by atoms with van der Waals surface area (Å²) in [6.07, 6.45) is 3.82. The van der Waals surface area contributed by atoms with E-state index in [1.54, 1.807) is 0 Å². The maximum atomic E-state index is 8.60. The normalized spacial score (nSPS) is 25.4. The van der Waals surface area contributed by atoms with Crippen molar-refractivity contribution in [2.45, 2.75) is 12.8 Å². The topological polar surface area (TPSA) is 32.3 Å². The van der Waals surface area contributed by atoms with E-state index < -0.39 is 0 Å². The predicted molar refractivity (Wildman–Crippen MR) is 41.7 cm³/mol. The molecule has 0 fully saturated rings. The SMILES string of the molecule is OCC[C@H]1CC=C(Cl)NC1. The minimum absolute atomic E-state index is 0.276. The number of halogens is 1. The monoisotopic (exact) mass is 161 g/mol. The first kappa shape index (κ1) is 7.89. The molecule has 10 heavy (non-hydrogen) atoms. The highest BCUT2D eigenvalue weighted by Crippen LogP contribution is 2.15. The first-order valence-electron chi connectivity index (χ1n) is 3.53. The molecule has 3 heteroatoms. The van der Waals surface area contributed by atoms with Crippen LogP contribution in [0, 0.1) is 5.92 Å². The highest BCUT2D eigenvalue weighted by Gasteiger charge is 2.10. The van der Waals surface area contributed by atoms with Gasteiger partial charge in [0.25, 0.3) is 0 Å². The van der Waals surface area contributed by atoms with Crippen LogP contribution < -0.4 is 5.32 Å². The number of nitrogens with one attached hydrogen (secondary N) is 1. The lowest BCUT2D eigenvalue weighted by molar-refractivity contribution is 0.254. The first-order valence-corrected chi connectivity index (χ1v) is 3.91. The summed E-state index contributed by atoms with van der Waals surface area (Å²) in [4.78, 5) is 0. The van der Waals surface area contributed by atoms with Crippen LogP contribution >= 0.6 is 11.6 Å². The highest BCUT2D eigenvalue weighted by atomic mass is 35.5. The summed E-state index contributed by atoms with van der Waals surface area (Å²) >= 11 is 5.67. The second kappa shape index (κ2) is 3.84. The van der Waals surface area contributed by atoms with Crippen LogP contribution in [-0.2, 0) is 0 Å². The zero-order valence-corrected chi connectivity index (χ0v) is 6.56. The molecule has 0 aromatic heterocycles. The lowest BCUT2D eigenvalue weighted by Gasteiger charge is -2.19. The number of allylic oxidation sites excluding steroid dienone is 1. The van der Waals surface area contributed by atoms with Crippen molar-refractivity contribution in [1.29, 1.82) is 0 Å². The van der Waals surface area contributed by atoms with Crippen molar-refractivity contribution in [2.75, 3.05) is 13.2 Å². The fraction of sp³-hybridized carbons (Fsp3) is 0.714. The van der Waals surface area contributed by atoms with Gasteiger partial charge in [0.2, 0.25) is 0 Å². The zero-order chi connectivity index (χ0) is 7.40. The molecule has 0 saturated heterocycles. The second-order valence-corrected chi connectivity index (χ2v) is 2.95. The molecule has 1 rings (SSSR count). The maximum Gasteiger partial charge on any atom is 0.0977 e. The Morgan fingerprint density at radius 3 is 3.10 bits per heavy atom. The van der Waals surface area contributed by atoms with Gasteiger partial charge in [-0.1, -0.05) is 11.6 Å². The Morgan fingerprint density at radius 1 is 1.80 bits per heavy atom. The van der Waals surface area contributed by atoms with Crippen molar-refractivity contribution in [1.82, 2.24) is 5.32 Å². The van der Waals surface area contributed by atoms with Crippen LogP contribution in [0.3, 0.4) is 0 Å². The van der Waals surface area contributed by atoms with Crippen LogP contribution in [0.4, 0.5) is 0 Å². The van der Waals surface area contributed by atoms with E-state index in [1.807, 2.05) is 6.08 Å². The van der Waals surface area contributed by atoms with Crippen molar-refractivity contribution >= 4 is 11.6 Å². The third kappa shape index (κ3) is 2.20. The van der Waals surface area contributed by atoms with Gasteiger partial charge in [-0.15, -0.1) is 0 Å². The average molecular weight is 162 g/mol. The average Bonchev–Trinajstić information content (AvgIpc) is 1.95. The van der Waals surface area contributed by atoms with Gasteiger partial charge in [0.15, 0.2) is 0 Å². The standard InChI is InChI=1S/C7H12ClNO/c8-7-2-1-6(3-4-10)5-9-7/h2,6,9-10H,1,3-5H2/t6-/m1/s1. The molecule has 1 aliphatic rings. The molecule has 1 heterocycles. The summed E-state index contributed by atoms with van der Waals surface area (Å²) in [5.41, 5.74) is 0. The predicted octanol–water partition coefficient (Wildman–Crippen LogP) is 1.06. The Bertz CT molecular complexity index is 136. The van der Waals surface area contributed by atoms with E-state index in [4.69, 9.17) is 16.7 Å². The molecular formula is C7H12ClNO. The van der Waals surface area contributed by atoms with E-state index in [9.17, 15) is 0 Å². The Hall–Kier alpha value is -0.210. The number of rotatable bonds is 2. The second-order valence-electron chi connectivity index (χ2n) is 2.55. The number of aliphatic hydroxyl groups is 1. The lowest BCUT2D eigenvalue weighted by Crippen LogP contribution is -2.25. The highest BCUT2D eigenvalue weighted by molar-refractivity contribution is 6.29. The fourth-order valence-electron chi connectivity index (χ4n) is 1.07. The van der Waals surface area contributed by atoms with Gasteiger partial charge in [-0.25, -0.2) is 0 Å². The molecule has 0 radical (unpaired) electrons. The fourth-order valence-corrected chi connectivity index (χ4v) is 1.24. The number of hydrogen-bond donors (Lipinski definition) is 2. The Morgan fingerprint density at radius 2 is 2.60 bits per heavy atom. The van der Waals surface area contributed by atoms with E-state index in [-0.39, 0.29) is 6.61 Å². The molecular weight excluding hydrogens is 150 g/mol. The van der Waals surface area contributed by atoms with Crippen LogP contribution in [0.25, 0.3) is 0 Å². The van der Waals surface area contributed by atoms with Crippen LogP contribution in [0.2, 0.25) is 0 Å². The maximum absolute atomic E-state index is 8.60. The summed E-state index contributed by atoms with van der Waals surface area (Å²) in [6, 6.07) is 0. The molecule has 0 aromatic carbocycles. The summed E-state index contributed by atoms with van der Waals surface area (Å²) in [6.45, 7) is 1.17. The third-order valence-electron chi connectivity index (χ3n) is 1.73. The van der Waals surface area contributed by atoms with E-state index in [0.29, 0.717) is 5.92 Å². The Kier molecular flexibility index (Phi) is 3.03. The van der Waals surface area contributed by atoms with Gasteiger partial charge in [-0.05, 0) is 24.8 Å². The molecule has 0 spiro atoms. The zero-order valence-electron chi connectivity index (χ0n) is 5.81. The minimum Gasteiger partial charge on any atom is -0.396 e. The molecule has 0 bridgehead atoms. The molecule has 0 aromatic rings. The van der Waals surface area contributed by atoms with Gasteiger partial charge in [-0.3, -0.25) is 0 Å². The van der Waals surface area contributed by atoms with E-state index in [0.717, 1.165) is 24.5 Å². The molecule has 2 nitrogen and oxygen atoms in total. The van der Waals surface area contributed by atoms with Gasteiger partial charge in [0, 0.05) is 13.2 Å². The van der Waals surface area contributed by atoms with Crippen molar-refractivity contribution in [2.24, 2.45) is 5.92 Å². The van der Waals surface area contributed by atoms with Crippen LogP contribution in [0.1, 0.15) is 12.8 Å². The van der Waals surface area contributed by atoms with Gasteiger partial charge in [-0.2, -0.15) is 0 Å². The summed E-state index contributed by atoms with van der Waals surface area (Å²) in [7, 11) is 0. The van der Waals surface area contributed by atoms with Crippen LogP contribution in [0.5, 0.6) is 0 Å². The molecule has 1 aliphatic heterocycles. The summed E-state index contributed by atoms with van der Waals surface area (Å²) in [5, 5.41) is 12.4. The van der Waals surface area contributed by atoms with Crippen LogP contribution in [-0.4, -0.2) is 18.3 Å². The molecule has 1 atom stereocenters. The largest absolute Gasteiger partial charge is 0.396 e. The van der Waals surface area contributed by atoms with Gasteiger partial charge in [0.1, 0.15) is 0 Å². The number of hydrogen-bond acceptors (Lipinski definition) is 2. The van der Waals surface area contributed by atoms with E-state index in [2.05, 4.69) is 5.32 Å². The quantitative estimate of drug-likeness (QED) is 0.594. The van der Waals surface area contributed by atoms with E-state index >= 15 is 0 Å². The molecule has 58 valence electrons. The van der Waals surface area contributed by atoms with Crippen molar-refractivity contribution in [3.63, 3.8) is 0 Å². The molecule has 2 N–H and O–H groups in total. The van der Waals surface area contributed by atoms with Crippen molar-refractivity contribution in [3.8, 4) is 0 Å². The molecule has 0 unspecified atom stereocenters. The van der Waals surface area contributed by atoms with Crippen molar-refractivity contribution < 1.29 is 5.11 Å². The van der Waals surface area contributed by atoms with E-state index in [1.165, 1.54) is 0 Å². The summed E-state index contributed by atoms with van der Waals surface area (Å²) in [5.74, 6) is 0.562. The lowest BCUT2D eigenvalue weighted by atomic mass is 10.0. The molecule has 0 amide bonds. The van der Waals surface area contributed by atoms with Gasteiger partial charge in [0.05, 0.1) is 5.16 Å². The Labute approximate surface area is 65.9 Å². The smallest absolute Gasteiger partial charge is 0.0977 e. The van der Waals surface area contributed by atoms with Gasteiger partial charge >= 0.3 is 0 Å². The van der Waals surface area contributed by atoms with Crippen molar-refractivity contribution in [3.05, 3.63) is 11.2 Å². The van der Waals surface area contributed by atoms with Crippen LogP contribution in [0.15, 0.2) is 11.2 Å². The third-order valence-corrected chi connectivity index (χ3v) is 2.02. The molecule has 0 aliphatic carbocycles. The number of aliphatic hydroxyl groups excluding tert-OH is 1. The molecule has 0 saturated carbocycles.